The Balaban J connectivity index is 1.40. The minimum Gasteiger partial charge on any atom is -0.423 e. The third-order valence-corrected chi connectivity index (χ3v) is 5.65. The highest BCUT2D eigenvalue weighted by molar-refractivity contribution is 7.80. The van der Waals surface area contributed by atoms with E-state index in [9.17, 15) is 13.2 Å². The molecule has 1 aliphatic carbocycles. The van der Waals surface area contributed by atoms with E-state index in [0.717, 1.165) is 19.3 Å². The van der Waals surface area contributed by atoms with Crippen LogP contribution >= 0.6 is 0 Å². The molecule has 0 radical (unpaired) electrons. The molecule has 1 saturated carbocycles. The number of carbonyl (C=O) groups is 1. The van der Waals surface area contributed by atoms with Gasteiger partial charge in [0, 0.05) is 19.0 Å². The fourth-order valence-corrected chi connectivity index (χ4v) is 4.33. The second-order valence-electron chi connectivity index (χ2n) is 7.18. The number of nitrogens with two attached hydrogens (primary N) is 1. The second-order valence-corrected chi connectivity index (χ2v) is 8.18. The summed E-state index contributed by atoms with van der Waals surface area (Å²) in [6.07, 6.45) is 4.71. The summed E-state index contributed by atoms with van der Waals surface area (Å²) in [6, 6.07) is -1.20. The first kappa shape index (κ1) is 17.6. The van der Waals surface area contributed by atoms with Crippen molar-refractivity contribution in [3.63, 3.8) is 0 Å². The van der Waals surface area contributed by atoms with Crippen molar-refractivity contribution in [2.75, 3.05) is 6.54 Å². The number of aromatic nitrogens is 2. The fraction of sp³-hybridized carbons (Fsp3) is 0.786. The molecule has 1 aromatic heterocycles. The van der Waals surface area contributed by atoms with Crippen LogP contribution in [0.25, 0.3) is 0 Å². The maximum atomic E-state index is 12.4. The van der Waals surface area contributed by atoms with Crippen molar-refractivity contribution in [1.82, 2.24) is 20.2 Å². The number of urea groups is 1. The monoisotopic (exact) mass is 387 g/mol. The number of fused-ring (bicyclic) bond motifs is 2. The maximum Gasteiger partial charge on any atom is 0.418 e. The van der Waals surface area contributed by atoms with E-state index >= 15 is 0 Å². The number of hydrogen-bond donors (Lipinski definition) is 2. The number of piperidine rings is 1. The van der Waals surface area contributed by atoms with Crippen molar-refractivity contribution >= 4 is 16.4 Å². The van der Waals surface area contributed by atoms with Gasteiger partial charge in [-0.15, -0.1) is 14.5 Å². The van der Waals surface area contributed by atoms with Gasteiger partial charge < -0.3 is 15.1 Å². The third-order valence-electron chi connectivity index (χ3n) is 5.30. The van der Waals surface area contributed by atoms with Crippen molar-refractivity contribution in [3.05, 3.63) is 11.8 Å². The van der Waals surface area contributed by atoms with Crippen molar-refractivity contribution in [2.45, 2.75) is 56.7 Å². The lowest BCUT2D eigenvalue weighted by Gasteiger charge is -2.32. The van der Waals surface area contributed by atoms with E-state index in [2.05, 4.69) is 14.5 Å². The van der Waals surface area contributed by atoms with Crippen LogP contribution in [0.3, 0.4) is 0 Å². The van der Waals surface area contributed by atoms with Crippen molar-refractivity contribution in [3.8, 4) is 0 Å². The van der Waals surface area contributed by atoms with Gasteiger partial charge >= 0.3 is 16.4 Å². The van der Waals surface area contributed by atoms with Gasteiger partial charge in [-0.1, -0.05) is 0 Å². The molecule has 0 spiro atoms. The zero-order valence-corrected chi connectivity index (χ0v) is 14.8. The number of amides is 2. The third kappa shape index (κ3) is 3.41. The smallest absolute Gasteiger partial charge is 0.418 e. The molecule has 4 rings (SSSR count). The maximum absolute atomic E-state index is 12.4. The van der Waals surface area contributed by atoms with E-state index < -0.39 is 28.5 Å². The summed E-state index contributed by atoms with van der Waals surface area (Å²) in [5.41, 5.74) is 5.78. The molecule has 3 heterocycles. The first-order valence-electron chi connectivity index (χ1n) is 8.65. The molecule has 11 nitrogen and oxygen atoms in total. The molecule has 3 N–H and O–H groups in total. The Bertz CT molecular complexity index is 792. The lowest BCUT2D eigenvalue weighted by Crippen LogP contribution is -2.36. The molecular weight excluding hydrogens is 366 g/mol. The summed E-state index contributed by atoms with van der Waals surface area (Å²) in [7, 11) is -4.76. The number of rotatable bonds is 6. The Morgan fingerprint density at radius 2 is 2.08 bits per heavy atom. The molecule has 2 aliphatic heterocycles. The molecule has 1 aromatic rings. The number of nitrogens with zero attached hydrogens (tertiary/aromatic N) is 4. The highest BCUT2D eigenvalue weighted by atomic mass is 32.3. The molecule has 0 unspecified atom stereocenters. The minimum atomic E-state index is -4.76. The van der Waals surface area contributed by atoms with E-state index in [0.29, 0.717) is 48.1 Å². The quantitative estimate of drug-likeness (QED) is 0.661. The topological polar surface area (TPSA) is 152 Å². The average Bonchev–Trinajstić information content (AvgIpc) is 3.10. The normalized spacial score (nSPS) is 31.4. The molecule has 2 saturated heterocycles. The van der Waals surface area contributed by atoms with Crippen LogP contribution in [0.1, 0.15) is 49.9 Å². The summed E-state index contributed by atoms with van der Waals surface area (Å²) in [6.45, 7) is 0.274. The summed E-state index contributed by atoms with van der Waals surface area (Å²) in [5.74, 6) is 1.47. The molecule has 144 valence electrons. The molecular formula is C14H21N5O6S. The van der Waals surface area contributed by atoms with Crippen LogP contribution in [0.15, 0.2) is 4.42 Å². The Kier molecular flexibility index (Phi) is 4.37. The van der Waals surface area contributed by atoms with Gasteiger partial charge in [0.25, 0.3) is 0 Å². The number of aryl methyl sites for hydroxylation is 1. The van der Waals surface area contributed by atoms with Gasteiger partial charge in [0.2, 0.25) is 11.8 Å². The summed E-state index contributed by atoms with van der Waals surface area (Å²) in [5, 5.41) is 8.83. The molecule has 26 heavy (non-hydrogen) atoms. The van der Waals surface area contributed by atoms with Gasteiger partial charge in [0.05, 0.1) is 6.04 Å². The summed E-state index contributed by atoms with van der Waals surface area (Å²) in [4.78, 5) is 13.8. The van der Waals surface area contributed by atoms with Crippen LogP contribution in [-0.4, -0.2) is 57.8 Å². The van der Waals surface area contributed by atoms with E-state index in [1.807, 2.05) is 0 Å². The van der Waals surface area contributed by atoms with Gasteiger partial charge in [0.15, 0.2) is 0 Å². The molecule has 2 amide bonds. The average molecular weight is 387 g/mol. The van der Waals surface area contributed by atoms with E-state index in [4.69, 9.17) is 14.7 Å². The Labute approximate surface area is 150 Å². The Morgan fingerprint density at radius 1 is 1.31 bits per heavy atom. The van der Waals surface area contributed by atoms with E-state index in [1.165, 1.54) is 4.90 Å². The SMILES string of the molecule is N[C@H]1C[C@H](CCc2nnc([C@@H]3CC[C@H]4CN3C(=O)N4OS(=O)(=O)O)o2)C1. The first-order chi connectivity index (χ1) is 12.3. The second kappa shape index (κ2) is 6.44. The van der Waals surface area contributed by atoms with Crippen molar-refractivity contribution in [1.29, 1.82) is 0 Å². The van der Waals surface area contributed by atoms with E-state index in [-0.39, 0.29) is 6.54 Å². The largest absolute Gasteiger partial charge is 0.423 e. The van der Waals surface area contributed by atoms with Crippen LogP contribution in [0.2, 0.25) is 0 Å². The van der Waals surface area contributed by atoms with Crippen LogP contribution < -0.4 is 5.73 Å². The molecule has 2 bridgehead atoms. The van der Waals surface area contributed by atoms with Crippen LogP contribution in [0, 0.1) is 5.92 Å². The van der Waals surface area contributed by atoms with Gasteiger partial charge in [-0.05, 0) is 38.0 Å². The van der Waals surface area contributed by atoms with Gasteiger partial charge in [-0.3, -0.25) is 4.55 Å². The molecule has 0 aromatic carbocycles. The van der Waals surface area contributed by atoms with Crippen LogP contribution in [-0.2, 0) is 21.1 Å². The lowest BCUT2D eigenvalue weighted by molar-refractivity contribution is -0.0317. The predicted octanol–water partition coefficient (Wildman–Crippen LogP) is 0.415. The van der Waals surface area contributed by atoms with Crippen LogP contribution in [0.5, 0.6) is 0 Å². The fourth-order valence-electron chi connectivity index (χ4n) is 3.94. The van der Waals surface area contributed by atoms with Gasteiger partial charge in [0.1, 0.15) is 6.04 Å². The standard InChI is InChI=1S/C14H21N5O6S/c15-9-5-8(6-9)1-4-12-16-17-13(24-12)11-3-2-10-7-18(11)14(20)19(10)25-26(21,22)23/h8-11H,1-7,15H2,(H,21,22,23)/t8-,9-,10-,11-/m0/s1. The number of hydroxylamine groups is 2. The molecule has 3 fully saturated rings. The zero-order valence-electron chi connectivity index (χ0n) is 14.0. The van der Waals surface area contributed by atoms with Gasteiger partial charge in [-0.25, -0.2) is 4.79 Å². The number of hydrogen-bond acceptors (Lipinski definition) is 8. The van der Waals surface area contributed by atoms with E-state index in [1.54, 1.807) is 0 Å². The lowest BCUT2D eigenvalue weighted by atomic mass is 9.78. The molecule has 3 aliphatic rings. The summed E-state index contributed by atoms with van der Waals surface area (Å²) < 4.78 is 40.8. The molecule has 2 atom stereocenters. The Morgan fingerprint density at radius 3 is 2.77 bits per heavy atom. The van der Waals surface area contributed by atoms with Crippen molar-refractivity contribution < 1.29 is 26.5 Å². The highest BCUT2D eigenvalue weighted by Crippen LogP contribution is 2.38. The highest BCUT2D eigenvalue weighted by Gasteiger charge is 2.49. The molecule has 12 heteroatoms. The first-order valence-corrected chi connectivity index (χ1v) is 10.0. The zero-order chi connectivity index (χ0) is 18.5. The minimum absolute atomic E-state index is 0.274. The Hall–Kier alpha value is -1.76. The summed E-state index contributed by atoms with van der Waals surface area (Å²) >= 11 is 0. The van der Waals surface area contributed by atoms with Gasteiger partial charge in [-0.2, -0.15) is 13.5 Å². The van der Waals surface area contributed by atoms with Crippen LogP contribution in [0.4, 0.5) is 4.79 Å². The predicted molar refractivity (Wildman–Crippen MR) is 85.7 cm³/mol. The number of carbonyl (C=O) groups excluding carboxylic acids is 1. The van der Waals surface area contributed by atoms with Crippen molar-refractivity contribution in [2.24, 2.45) is 11.7 Å².